The van der Waals surface area contributed by atoms with Crippen LogP contribution in [0.3, 0.4) is 0 Å². The van der Waals surface area contributed by atoms with Gasteiger partial charge in [-0.2, -0.15) is 5.10 Å². The molecule has 0 aliphatic carbocycles. The van der Waals surface area contributed by atoms with Gasteiger partial charge in [0.15, 0.2) is 0 Å². The van der Waals surface area contributed by atoms with Crippen molar-refractivity contribution in [3.8, 4) is 0 Å². The average Bonchev–Trinajstić information content (AvgIpc) is 2.87. The Kier molecular flexibility index (Phi) is 3.21. The van der Waals surface area contributed by atoms with E-state index in [0.29, 0.717) is 6.61 Å². The highest BCUT2D eigenvalue weighted by molar-refractivity contribution is 5.50. The van der Waals surface area contributed by atoms with Gasteiger partial charge >= 0.3 is 0 Å². The molecule has 1 N–H and O–H groups in total. The van der Waals surface area contributed by atoms with Crippen molar-refractivity contribution in [2.24, 2.45) is 7.05 Å². The zero-order valence-corrected chi connectivity index (χ0v) is 9.42. The van der Waals surface area contributed by atoms with Gasteiger partial charge in [-0.25, -0.2) is 4.98 Å². The summed E-state index contributed by atoms with van der Waals surface area (Å²) in [7, 11) is 3.61. The van der Waals surface area contributed by atoms with Gasteiger partial charge in [-0.3, -0.25) is 4.68 Å². The van der Waals surface area contributed by atoms with Crippen LogP contribution in [0, 0.1) is 0 Å². The lowest BCUT2D eigenvalue weighted by atomic mass is 10.5. The van der Waals surface area contributed by atoms with Crippen LogP contribution < -0.4 is 5.32 Å². The Labute approximate surface area is 93.9 Å². The number of nitrogens with one attached hydrogen (secondary N) is 1. The molecule has 16 heavy (non-hydrogen) atoms. The summed E-state index contributed by atoms with van der Waals surface area (Å²) in [6, 6.07) is 0. The van der Waals surface area contributed by atoms with Crippen LogP contribution in [0.25, 0.3) is 0 Å². The minimum atomic E-state index is 0.656. The van der Waals surface area contributed by atoms with E-state index in [2.05, 4.69) is 15.4 Å². The topological polar surface area (TPSA) is 56.9 Å². The maximum absolute atomic E-state index is 4.98. The van der Waals surface area contributed by atoms with Crippen molar-refractivity contribution < 1.29 is 4.74 Å². The Balaban J connectivity index is 2.00. The highest BCUT2D eigenvalue weighted by atomic mass is 16.5. The number of aryl methyl sites for hydroxylation is 1. The van der Waals surface area contributed by atoms with E-state index in [0.717, 1.165) is 18.2 Å². The lowest BCUT2D eigenvalue weighted by Gasteiger charge is -2.02. The molecule has 2 heterocycles. The molecule has 0 saturated heterocycles. The molecule has 2 aromatic heterocycles. The molecule has 0 unspecified atom stereocenters. The first kappa shape index (κ1) is 10.7. The number of nitrogens with zero attached hydrogens (tertiary/aromatic N) is 4. The van der Waals surface area contributed by atoms with Gasteiger partial charge in [0.2, 0.25) is 5.95 Å². The SMILES string of the molecule is COCCn1cc(Nc2nccn2C)cn1. The predicted molar refractivity (Wildman–Crippen MR) is 60.6 cm³/mol. The zero-order chi connectivity index (χ0) is 11.4. The Hall–Kier alpha value is -1.82. The smallest absolute Gasteiger partial charge is 0.207 e. The first-order valence-corrected chi connectivity index (χ1v) is 5.05. The van der Waals surface area contributed by atoms with E-state index in [-0.39, 0.29) is 0 Å². The van der Waals surface area contributed by atoms with Crippen LogP contribution in [0.2, 0.25) is 0 Å². The quantitative estimate of drug-likeness (QED) is 0.818. The third-order valence-electron chi connectivity index (χ3n) is 2.24. The Morgan fingerprint density at radius 1 is 1.50 bits per heavy atom. The fourth-order valence-corrected chi connectivity index (χ4v) is 1.35. The number of imidazole rings is 1. The molecule has 6 heteroatoms. The van der Waals surface area contributed by atoms with Gasteiger partial charge in [0.05, 0.1) is 25.0 Å². The standard InChI is InChI=1S/C10H15N5O/c1-14-4-3-11-10(14)13-9-7-12-15(8-9)5-6-16-2/h3-4,7-8H,5-6H2,1-2H3,(H,11,13). The molecule has 86 valence electrons. The number of aromatic nitrogens is 4. The van der Waals surface area contributed by atoms with Crippen molar-refractivity contribution in [3.05, 3.63) is 24.8 Å². The van der Waals surface area contributed by atoms with E-state index < -0.39 is 0 Å². The maximum atomic E-state index is 4.98. The average molecular weight is 221 g/mol. The Morgan fingerprint density at radius 2 is 2.38 bits per heavy atom. The van der Waals surface area contributed by atoms with Crippen LogP contribution in [0.5, 0.6) is 0 Å². The van der Waals surface area contributed by atoms with Crippen molar-refractivity contribution in [2.75, 3.05) is 19.0 Å². The number of ether oxygens (including phenoxy) is 1. The first-order chi connectivity index (χ1) is 7.79. The molecule has 0 saturated carbocycles. The molecule has 0 amide bonds. The van der Waals surface area contributed by atoms with Gasteiger partial charge in [0, 0.05) is 32.7 Å². The van der Waals surface area contributed by atoms with Gasteiger partial charge in [-0.05, 0) is 0 Å². The van der Waals surface area contributed by atoms with Crippen LogP contribution in [-0.4, -0.2) is 33.0 Å². The molecular weight excluding hydrogens is 206 g/mol. The van der Waals surface area contributed by atoms with Crippen molar-refractivity contribution in [1.29, 1.82) is 0 Å². The summed E-state index contributed by atoms with van der Waals surface area (Å²) in [5.74, 6) is 0.797. The fraction of sp³-hybridized carbons (Fsp3) is 0.400. The highest BCUT2D eigenvalue weighted by Crippen LogP contribution is 2.12. The molecule has 0 fully saturated rings. The fourth-order valence-electron chi connectivity index (χ4n) is 1.35. The molecule has 2 aromatic rings. The molecule has 0 aliphatic heterocycles. The summed E-state index contributed by atoms with van der Waals surface area (Å²) in [4.78, 5) is 4.17. The van der Waals surface area contributed by atoms with E-state index in [1.54, 1.807) is 19.5 Å². The van der Waals surface area contributed by atoms with Crippen molar-refractivity contribution in [1.82, 2.24) is 19.3 Å². The van der Waals surface area contributed by atoms with Gasteiger partial charge in [-0.15, -0.1) is 0 Å². The van der Waals surface area contributed by atoms with Crippen molar-refractivity contribution in [2.45, 2.75) is 6.54 Å². The first-order valence-electron chi connectivity index (χ1n) is 5.05. The van der Waals surface area contributed by atoms with Crippen LogP contribution in [-0.2, 0) is 18.3 Å². The van der Waals surface area contributed by atoms with E-state index in [4.69, 9.17) is 4.74 Å². The monoisotopic (exact) mass is 221 g/mol. The second-order valence-corrected chi connectivity index (χ2v) is 3.47. The van der Waals surface area contributed by atoms with Gasteiger partial charge in [0.25, 0.3) is 0 Å². The third-order valence-corrected chi connectivity index (χ3v) is 2.24. The minimum Gasteiger partial charge on any atom is -0.383 e. The Morgan fingerprint density at radius 3 is 3.06 bits per heavy atom. The Bertz CT molecular complexity index is 448. The molecule has 2 rings (SSSR count). The van der Waals surface area contributed by atoms with E-state index in [1.165, 1.54) is 0 Å². The lowest BCUT2D eigenvalue weighted by Crippen LogP contribution is -2.04. The molecule has 6 nitrogen and oxygen atoms in total. The molecule has 0 aliphatic rings. The number of hydrogen-bond donors (Lipinski definition) is 1. The van der Waals surface area contributed by atoms with E-state index >= 15 is 0 Å². The molecule has 0 bridgehead atoms. The summed E-state index contributed by atoms with van der Waals surface area (Å²) >= 11 is 0. The number of methoxy groups -OCH3 is 1. The molecule has 0 spiro atoms. The van der Waals surface area contributed by atoms with E-state index in [9.17, 15) is 0 Å². The highest BCUT2D eigenvalue weighted by Gasteiger charge is 2.02. The van der Waals surface area contributed by atoms with Crippen LogP contribution in [0.15, 0.2) is 24.8 Å². The van der Waals surface area contributed by atoms with Crippen molar-refractivity contribution >= 4 is 11.6 Å². The van der Waals surface area contributed by atoms with Gasteiger partial charge in [0.1, 0.15) is 0 Å². The van der Waals surface area contributed by atoms with E-state index in [1.807, 2.05) is 28.7 Å². The van der Waals surface area contributed by atoms with Crippen LogP contribution >= 0.6 is 0 Å². The lowest BCUT2D eigenvalue weighted by molar-refractivity contribution is 0.183. The summed E-state index contributed by atoms with van der Waals surface area (Å²) < 4.78 is 8.72. The molecule has 0 atom stereocenters. The second-order valence-electron chi connectivity index (χ2n) is 3.47. The minimum absolute atomic E-state index is 0.656. The summed E-state index contributed by atoms with van der Waals surface area (Å²) in [5.41, 5.74) is 0.922. The number of anilines is 2. The van der Waals surface area contributed by atoms with Gasteiger partial charge in [-0.1, -0.05) is 0 Å². The van der Waals surface area contributed by atoms with Crippen LogP contribution in [0.1, 0.15) is 0 Å². The summed E-state index contributed by atoms with van der Waals surface area (Å²) in [6.07, 6.45) is 7.33. The molecular formula is C10H15N5O. The summed E-state index contributed by atoms with van der Waals surface area (Å²) in [6.45, 7) is 1.41. The number of hydrogen-bond acceptors (Lipinski definition) is 4. The molecule has 0 radical (unpaired) electrons. The van der Waals surface area contributed by atoms with Crippen molar-refractivity contribution in [3.63, 3.8) is 0 Å². The maximum Gasteiger partial charge on any atom is 0.207 e. The largest absolute Gasteiger partial charge is 0.383 e. The zero-order valence-electron chi connectivity index (χ0n) is 9.42. The number of rotatable bonds is 5. The predicted octanol–water partition coefficient (Wildman–Crippen LogP) is 1.01. The third kappa shape index (κ3) is 2.40. The molecule has 0 aromatic carbocycles. The van der Waals surface area contributed by atoms with Crippen LogP contribution in [0.4, 0.5) is 11.6 Å². The summed E-state index contributed by atoms with van der Waals surface area (Å²) in [5, 5.41) is 7.38. The normalized spacial score (nSPS) is 10.6. The second kappa shape index (κ2) is 4.80. The van der Waals surface area contributed by atoms with Gasteiger partial charge < -0.3 is 14.6 Å².